The van der Waals surface area contributed by atoms with E-state index in [1.54, 1.807) is 30.4 Å². The van der Waals surface area contributed by atoms with Crippen molar-refractivity contribution in [1.29, 1.82) is 0 Å². The number of hydrogen-bond acceptors (Lipinski definition) is 0. The van der Waals surface area contributed by atoms with Gasteiger partial charge in [0.2, 0.25) is 0 Å². The third-order valence-electron chi connectivity index (χ3n) is 9.48. The molecule has 8 rings (SSSR count). The van der Waals surface area contributed by atoms with E-state index >= 15 is 0 Å². The first-order valence-corrected chi connectivity index (χ1v) is 16.3. The molecule has 0 spiro atoms. The van der Waals surface area contributed by atoms with Crippen LogP contribution in [0.15, 0.2) is 70.0 Å². The molecule has 6 aliphatic rings. The first kappa shape index (κ1) is 24.0. The van der Waals surface area contributed by atoms with E-state index < -0.39 is 21.3 Å². The summed E-state index contributed by atoms with van der Waals surface area (Å²) in [6.45, 7) is 2.67. The van der Waals surface area contributed by atoms with Crippen LogP contribution in [0.5, 0.6) is 0 Å². The molecule has 0 nitrogen and oxygen atoms in total. The summed E-state index contributed by atoms with van der Waals surface area (Å²) in [6.07, 6.45) is 17.7. The van der Waals surface area contributed by atoms with E-state index in [-0.39, 0.29) is 24.8 Å². The van der Waals surface area contributed by atoms with Crippen LogP contribution in [0.25, 0.3) is 11.1 Å². The van der Waals surface area contributed by atoms with E-state index in [1.165, 1.54) is 36.8 Å². The number of halogens is 2. The molecule has 2 aromatic rings. The Kier molecular flexibility index (Phi) is 6.57. The van der Waals surface area contributed by atoms with Crippen molar-refractivity contribution in [3.63, 3.8) is 0 Å². The summed E-state index contributed by atoms with van der Waals surface area (Å²) in [4.78, 5) is 0. The van der Waals surface area contributed by atoms with E-state index in [0.717, 1.165) is 17.8 Å². The number of rotatable bonds is 3. The first-order chi connectivity index (χ1) is 15.2. The summed E-state index contributed by atoms with van der Waals surface area (Å²) < 4.78 is 4.56. The molecular weight excluding hydrogens is 522 g/mol. The molecule has 0 heterocycles. The maximum Gasteiger partial charge on any atom is -1.00 e. The fourth-order valence-electron chi connectivity index (χ4n) is 8.61. The Hall–Kier alpha value is -0.747. The SMILES string of the molecule is C/[C](=[Zr+2](/[C]1=CC=CC1)[CH]1c2ccccc2-c2ccccc21)C12CC3CC(CC(C3)C1)C2.[Cl-].[Cl-]. The van der Waals surface area contributed by atoms with Crippen molar-refractivity contribution >= 4 is 3.21 Å². The Morgan fingerprint density at radius 1 is 0.788 bits per heavy atom. The molecule has 3 heteroatoms. The van der Waals surface area contributed by atoms with E-state index in [4.69, 9.17) is 0 Å². The predicted molar refractivity (Wildman–Crippen MR) is 127 cm³/mol. The molecule has 0 atom stereocenters. The van der Waals surface area contributed by atoms with Gasteiger partial charge in [-0.15, -0.1) is 0 Å². The Morgan fingerprint density at radius 3 is 1.79 bits per heavy atom. The zero-order valence-corrected chi connectivity index (χ0v) is 23.3. The third kappa shape index (κ3) is 3.68. The Balaban J connectivity index is 0.00000114. The second kappa shape index (κ2) is 9.04. The van der Waals surface area contributed by atoms with Crippen molar-refractivity contribution in [2.24, 2.45) is 23.2 Å². The minimum Gasteiger partial charge on any atom is -1.00 e. The van der Waals surface area contributed by atoms with Gasteiger partial charge >= 0.3 is 195 Å². The molecule has 4 saturated carbocycles. The van der Waals surface area contributed by atoms with Gasteiger partial charge in [0.15, 0.2) is 0 Å². The van der Waals surface area contributed by atoms with Crippen LogP contribution in [0, 0.1) is 23.2 Å². The average molecular weight is 555 g/mol. The summed E-state index contributed by atoms with van der Waals surface area (Å²) >= 11 is -2.14. The summed E-state index contributed by atoms with van der Waals surface area (Å²) in [5.74, 6) is 3.10. The number of benzene rings is 2. The zero-order valence-electron chi connectivity index (χ0n) is 19.4. The first-order valence-electron chi connectivity index (χ1n) is 12.5. The van der Waals surface area contributed by atoms with Crippen LogP contribution < -0.4 is 24.8 Å². The van der Waals surface area contributed by atoms with Crippen LogP contribution >= 0.6 is 0 Å². The molecule has 0 unspecified atom stereocenters. The topological polar surface area (TPSA) is 0 Å². The minimum atomic E-state index is -2.14. The summed E-state index contributed by atoms with van der Waals surface area (Å²) in [6, 6.07) is 18.8. The smallest absolute Gasteiger partial charge is 1.00 e. The number of hydrogen-bond donors (Lipinski definition) is 0. The van der Waals surface area contributed by atoms with E-state index in [2.05, 4.69) is 73.7 Å². The second-order valence-electron chi connectivity index (χ2n) is 11.2. The Bertz CT molecular complexity index is 1090. The molecule has 0 aliphatic heterocycles. The van der Waals surface area contributed by atoms with Crippen LogP contribution in [-0.4, -0.2) is 3.21 Å². The molecule has 6 aliphatic carbocycles. The van der Waals surface area contributed by atoms with Gasteiger partial charge in [-0.2, -0.15) is 0 Å². The average Bonchev–Trinajstić information content (AvgIpc) is 3.41. The summed E-state index contributed by atoms with van der Waals surface area (Å²) in [5.41, 5.74) is 6.92. The van der Waals surface area contributed by atoms with Crippen molar-refractivity contribution < 1.29 is 46.1 Å². The molecule has 0 N–H and O–H groups in total. The van der Waals surface area contributed by atoms with Crippen molar-refractivity contribution in [2.45, 2.75) is 55.5 Å². The van der Waals surface area contributed by atoms with Crippen molar-refractivity contribution in [1.82, 2.24) is 0 Å². The van der Waals surface area contributed by atoms with Crippen molar-refractivity contribution in [2.75, 3.05) is 0 Å². The fourth-order valence-corrected chi connectivity index (χ4v) is 18.2. The maximum atomic E-state index is 2.67. The van der Waals surface area contributed by atoms with Gasteiger partial charge in [-0.3, -0.25) is 0 Å². The largest absolute Gasteiger partial charge is 1.00 e. The zero-order chi connectivity index (χ0) is 20.6. The molecule has 0 amide bonds. The minimum absolute atomic E-state index is 0. The van der Waals surface area contributed by atoms with Gasteiger partial charge in [-0.05, 0) is 0 Å². The molecule has 0 radical (unpaired) electrons. The Labute approximate surface area is 218 Å². The molecular formula is C30H32Cl2Zr. The molecule has 170 valence electrons. The molecule has 2 aromatic carbocycles. The summed E-state index contributed by atoms with van der Waals surface area (Å²) in [5, 5.41) is 0. The van der Waals surface area contributed by atoms with Gasteiger partial charge < -0.3 is 24.8 Å². The predicted octanol–water partition coefficient (Wildman–Crippen LogP) is 1.64. The van der Waals surface area contributed by atoms with E-state index in [9.17, 15) is 0 Å². The molecule has 4 bridgehead atoms. The van der Waals surface area contributed by atoms with Crippen LogP contribution in [0.3, 0.4) is 0 Å². The fraction of sp³-hybridized carbons (Fsp3) is 0.433. The van der Waals surface area contributed by atoms with Gasteiger partial charge in [0.1, 0.15) is 0 Å². The molecule has 4 fully saturated rings. The van der Waals surface area contributed by atoms with Gasteiger partial charge in [-0.1, -0.05) is 0 Å². The van der Waals surface area contributed by atoms with E-state index in [1.807, 2.05) is 6.49 Å². The molecule has 0 saturated heterocycles. The van der Waals surface area contributed by atoms with Crippen LogP contribution in [0.1, 0.15) is 66.6 Å². The second-order valence-corrected chi connectivity index (χ2v) is 18.0. The van der Waals surface area contributed by atoms with E-state index in [0.29, 0.717) is 9.04 Å². The van der Waals surface area contributed by atoms with Crippen molar-refractivity contribution in [3.8, 4) is 11.1 Å². The van der Waals surface area contributed by atoms with Crippen LogP contribution in [0.2, 0.25) is 0 Å². The quantitative estimate of drug-likeness (QED) is 0.542. The third-order valence-corrected chi connectivity index (χ3v) is 18.3. The van der Waals surface area contributed by atoms with Crippen LogP contribution in [-0.2, 0) is 21.3 Å². The summed E-state index contributed by atoms with van der Waals surface area (Å²) in [7, 11) is 0. The van der Waals surface area contributed by atoms with Gasteiger partial charge in [0.05, 0.1) is 0 Å². The van der Waals surface area contributed by atoms with Gasteiger partial charge in [0.25, 0.3) is 0 Å². The maximum absolute atomic E-state index is 2.67. The van der Waals surface area contributed by atoms with Gasteiger partial charge in [0, 0.05) is 0 Å². The van der Waals surface area contributed by atoms with Gasteiger partial charge in [-0.25, -0.2) is 0 Å². The van der Waals surface area contributed by atoms with Crippen LogP contribution in [0.4, 0.5) is 0 Å². The Morgan fingerprint density at radius 2 is 1.30 bits per heavy atom. The molecule has 0 aromatic heterocycles. The number of allylic oxidation sites excluding steroid dienone is 4. The normalized spacial score (nSPS) is 30.8. The monoisotopic (exact) mass is 552 g/mol. The van der Waals surface area contributed by atoms with Crippen molar-refractivity contribution in [3.05, 3.63) is 81.2 Å². The number of fused-ring (bicyclic) bond motifs is 3. The molecule has 33 heavy (non-hydrogen) atoms. The standard InChI is InChI=1S/C13H9.C12H18.C5H5.2ClH.Zr/c1-3-7-12-10(5-1)9-11-6-2-4-8-13(11)12;1-2-12-6-9-3-10(7-12)5-11(4-9)8-12;1-2-4-5-3-1;;;/h1-9H;9-11H,3-8H2,1H3;1-3H,4H2;2*1H;/q;;;;;+2/p-2.